The normalized spacial score (nSPS) is 16.1. The Morgan fingerprint density at radius 3 is 2.74 bits per heavy atom. The molecule has 3 aromatic rings. The summed E-state index contributed by atoms with van der Waals surface area (Å²) in [5.41, 5.74) is 9.39. The molecular formula is C28H37ClN8S. The van der Waals surface area contributed by atoms with E-state index in [1.54, 1.807) is 6.20 Å². The number of unbranched alkanes of at least 4 members (excludes halogenated alkanes) is 3. The monoisotopic (exact) mass is 552 g/mol. The molecule has 0 radical (unpaired) electrons. The van der Waals surface area contributed by atoms with Crippen molar-refractivity contribution in [2.45, 2.75) is 68.2 Å². The number of aromatic nitrogens is 4. The second-order valence-corrected chi connectivity index (χ2v) is 11.8. The highest BCUT2D eigenvalue weighted by Gasteiger charge is 2.40. The van der Waals surface area contributed by atoms with E-state index in [0.717, 1.165) is 56.0 Å². The topological polar surface area (TPSA) is 105 Å². The number of anilines is 3. The zero-order valence-corrected chi connectivity index (χ0v) is 23.6. The summed E-state index contributed by atoms with van der Waals surface area (Å²) in [4.78, 5) is 21.5. The van der Waals surface area contributed by atoms with Gasteiger partial charge >= 0.3 is 0 Å². The van der Waals surface area contributed by atoms with Crippen LogP contribution in [0.5, 0.6) is 0 Å². The predicted octanol–water partition coefficient (Wildman–Crippen LogP) is 5.58. The predicted molar refractivity (Wildman–Crippen MR) is 156 cm³/mol. The van der Waals surface area contributed by atoms with Gasteiger partial charge in [-0.25, -0.2) is 15.0 Å². The lowest BCUT2D eigenvalue weighted by molar-refractivity contribution is 0.231. The highest BCUT2D eigenvalue weighted by molar-refractivity contribution is 7.99. The van der Waals surface area contributed by atoms with Gasteiger partial charge in [0.1, 0.15) is 16.7 Å². The van der Waals surface area contributed by atoms with Crippen LogP contribution in [0.25, 0.3) is 0 Å². The Kier molecular flexibility index (Phi) is 8.86. The zero-order valence-electron chi connectivity index (χ0n) is 22.0. The smallest absolute Gasteiger partial charge is 0.158 e. The molecule has 1 aliphatic heterocycles. The zero-order chi connectivity index (χ0) is 26.4. The number of halogens is 1. The first kappa shape index (κ1) is 27.0. The maximum absolute atomic E-state index is 6.66. The molecule has 10 heteroatoms. The third-order valence-electron chi connectivity index (χ3n) is 7.64. The van der Waals surface area contributed by atoms with Crippen molar-refractivity contribution >= 4 is 40.8 Å². The number of nitrogens with zero attached hydrogens (tertiary/aromatic N) is 5. The molecule has 0 aromatic carbocycles. The molecule has 38 heavy (non-hydrogen) atoms. The molecule has 5 rings (SSSR count). The Bertz CT molecular complexity index is 1200. The fourth-order valence-corrected chi connectivity index (χ4v) is 6.51. The molecular weight excluding hydrogens is 516 g/mol. The Morgan fingerprint density at radius 2 is 1.95 bits per heavy atom. The number of hydrogen-bond donors (Lipinski definition) is 3. The fraction of sp³-hybridized carbons (Fsp3) is 0.500. The molecule has 202 valence electrons. The van der Waals surface area contributed by atoms with Crippen molar-refractivity contribution in [2.24, 2.45) is 5.41 Å². The molecule has 0 amide bonds. The van der Waals surface area contributed by atoms with E-state index in [0.29, 0.717) is 33.8 Å². The van der Waals surface area contributed by atoms with Crippen LogP contribution >= 0.6 is 23.4 Å². The molecule has 0 bridgehead atoms. The van der Waals surface area contributed by atoms with Crippen LogP contribution in [0, 0.1) is 5.41 Å². The molecule has 4 heterocycles. The number of nitrogens with two attached hydrogens (primary N) is 1. The third-order valence-corrected chi connectivity index (χ3v) is 9.20. The molecule has 8 nitrogen and oxygen atoms in total. The van der Waals surface area contributed by atoms with E-state index in [9.17, 15) is 0 Å². The minimum absolute atomic E-state index is 0.330. The van der Waals surface area contributed by atoms with Gasteiger partial charge in [0, 0.05) is 36.1 Å². The maximum Gasteiger partial charge on any atom is 0.158 e. The first-order valence-electron chi connectivity index (χ1n) is 13.6. The molecule has 1 aliphatic carbocycles. The van der Waals surface area contributed by atoms with Gasteiger partial charge in [0.2, 0.25) is 0 Å². The number of piperidine rings is 1. The minimum Gasteiger partial charge on any atom is -0.381 e. The number of hydrogen-bond acceptors (Lipinski definition) is 9. The number of fused-ring (bicyclic) bond motifs is 1. The highest BCUT2D eigenvalue weighted by atomic mass is 35.5. The summed E-state index contributed by atoms with van der Waals surface area (Å²) in [6.45, 7) is 5.71. The van der Waals surface area contributed by atoms with Gasteiger partial charge in [-0.3, -0.25) is 4.98 Å². The standard InChI is InChI=1S/C28H37ClN8S/c1-2-3-4-5-11-31-19-35-26-24(29)22(8-13-33-26)38-27-25(30)36-23(18-34-27)37-14-9-28(10-15-37)16-20-7-6-12-32-21(20)17-28/h6-8,12-13,18,31H,2-5,9-11,14-17,19H2,1H3,(H2,30,36)(H,33,35). The summed E-state index contributed by atoms with van der Waals surface area (Å²) in [7, 11) is 0. The summed E-state index contributed by atoms with van der Waals surface area (Å²) in [5, 5.41) is 7.87. The molecule has 0 atom stereocenters. The van der Waals surface area contributed by atoms with E-state index in [1.165, 1.54) is 48.7 Å². The molecule has 2 aliphatic rings. The van der Waals surface area contributed by atoms with E-state index in [-0.39, 0.29) is 0 Å². The van der Waals surface area contributed by atoms with Crippen LogP contribution in [0.3, 0.4) is 0 Å². The molecule has 3 aromatic heterocycles. The largest absolute Gasteiger partial charge is 0.381 e. The van der Waals surface area contributed by atoms with Crippen molar-refractivity contribution in [3.05, 3.63) is 53.1 Å². The summed E-state index contributed by atoms with van der Waals surface area (Å²) >= 11 is 8.08. The Hall–Kier alpha value is -2.62. The van der Waals surface area contributed by atoms with Gasteiger partial charge in [0.15, 0.2) is 5.82 Å². The molecule has 0 saturated carbocycles. The van der Waals surface area contributed by atoms with Gasteiger partial charge in [0.05, 0.1) is 17.9 Å². The molecule has 0 unspecified atom stereocenters. The SMILES string of the molecule is CCCCCCNCNc1nccc(Sc2ncc(N3CCC4(CC3)Cc3cccnc3C4)nc2N)c1Cl. The van der Waals surface area contributed by atoms with Crippen molar-refractivity contribution < 1.29 is 0 Å². The van der Waals surface area contributed by atoms with E-state index in [4.69, 9.17) is 22.3 Å². The summed E-state index contributed by atoms with van der Waals surface area (Å²) in [6.07, 6.45) is 14.9. The van der Waals surface area contributed by atoms with Crippen molar-refractivity contribution in [2.75, 3.05) is 42.3 Å². The van der Waals surface area contributed by atoms with Crippen LogP contribution in [-0.4, -0.2) is 46.2 Å². The number of nitrogens with one attached hydrogen (secondary N) is 2. The number of nitrogen functional groups attached to an aromatic ring is 1. The fourth-order valence-electron chi connectivity index (χ4n) is 5.43. The van der Waals surface area contributed by atoms with Gasteiger partial charge < -0.3 is 21.3 Å². The van der Waals surface area contributed by atoms with E-state index in [2.05, 4.69) is 49.5 Å². The van der Waals surface area contributed by atoms with Crippen LogP contribution in [0.1, 0.15) is 56.7 Å². The lowest BCUT2D eigenvalue weighted by Gasteiger charge is -2.39. The molecule has 1 spiro atoms. The lowest BCUT2D eigenvalue weighted by atomic mass is 9.76. The van der Waals surface area contributed by atoms with Crippen molar-refractivity contribution in [1.29, 1.82) is 0 Å². The van der Waals surface area contributed by atoms with Crippen LogP contribution in [0.2, 0.25) is 5.02 Å². The Labute approximate surface area is 234 Å². The first-order valence-corrected chi connectivity index (χ1v) is 14.8. The number of rotatable bonds is 11. The summed E-state index contributed by atoms with van der Waals surface area (Å²) in [5.74, 6) is 1.90. The Balaban J connectivity index is 1.15. The van der Waals surface area contributed by atoms with Crippen LogP contribution in [-0.2, 0) is 12.8 Å². The third kappa shape index (κ3) is 6.33. The van der Waals surface area contributed by atoms with Crippen LogP contribution in [0.15, 0.2) is 46.7 Å². The van der Waals surface area contributed by atoms with Gasteiger partial charge in [-0.05, 0) is 61.8 Å². The van der Waals surface area contributed by atoms with Gasteiger partial charge in [-0.15, -0.1) is 0 Å². The highest BCUT2D eigenvalue weighted by Crippen LogP contribution is 2.44. The van der Waals surface area contributed by atoms with Gasteiger partial charge in [-0.2, -0.15) is 0 Å². The minimum atomic E-state index is 0.330. The molecule has 4 N–H and O–H groups in total. The van der Waals surface area contributed by atoms with Crippen molar-refractivity contribution in [3.8, 4) is 0 Å². The average Bonchev–Trinajstić information content (AvgIpc) is 3.29. The molecule has 1 saturated heterocycles. The average molecular weight is 553 g/mol. The van der Waals surface area contributed by atoms with Crippen LogP contribution in [0.4, 0.5) is 17.5 Å². The van der Waals surface area contributed by atoms with Gasteiger partial charge in [0.25, 0.3) is 0 Å². The van der Waals surface area contributed by atoms with Crippen LogP contribution < -0.4 is 21.3 Å². The molecule has 1 fully saturated rings. The second kappa shape index (κ2) is 12.5. The van der Waals surface area contributed by atoms with E-state index >= 15 is 0 Å². The lowest BCUT2D eigenvalue weighted by Crippen LogP contribution is -2.41. The van der Waals surface area contributed by atoms with E-state index in [1.807, 2.05) is 18.5 Å². The maximum atomic E-state index is 6.66. The number of pyridine rings is 2. The first-order chi connectivity index (χ1) is 18.6. The quantitative estimate of drug-likeness (QED) is 0.208. The summed E-state index contributed by atoms with van der Waals surface area (Å²) in [6, 6.07) is 6.16. The van der Waals surface area contributed by atoms with Crippen molar-refractivity contribution in [3.63, 3.8) is 0 Å². The second-order valence-electron chi connectivity index (χ2n) is 10.4. The van der Waals surface area contributed by atoms with Gasteiger partial charge in [-0.1, -0.05) is 55.6 Å². The summed E-state index contributed by atoms with van der Waals surface area (Å²) < 4.78 is 0. The van der Waals surface area contributed by atoms with Crippen molar-refractivity contribution in [1.82, 2.24) is 25.3 Å². The Morgan fingerprint density at radius 1 is 1.08 bits per heavy atom. The van der Waals surface area contributed by atoms with E-state index < -0.39 is 0 Å².